The Labute approximate surface area is 155 Å². The number of hydrogen-bond donors (Lipinski definition) is 3. The number of hydrogen-bond acceptors (Lipinski definition) is 3. The molecule has 0 aliphatic heterocycles. The van der Waals surface area contributed by atoms with Gasteiger partial charge in [-0.15, -0.1) is 0 Å². The Hall–Kier alpha value is -2.53. The van der Waals surface area contributed by atoms with Gasteiger partial charge in [0.25, 0.3) is 0 Å². The number of rotatable bonds is 8. The molecule has 0 aliphatic rings. The Morgan fingerprint density at radius 2 is 1.73 bits per heavy atom. The van der Waals surface area contributed by atoms with Gasteiger partial charge in [0, 0.05) is 18.2 Å². The molecular formula is C21H29N3O2. The van der Waals surface area contributed by atoms with Crippen LogP contribution in [-0.2, 0) is 0 Å². The highest BCUT2D eigenvalue weighted by atomic mass is 16.5. The number of aliphatic hydroxyl groups is 1. The predicted octanol–water partition coefficient (Wildman–Crippen LogP) is 3.76. The van der Waals surface area contributed by atoms with Crippen molar-refractivity contribution in [2.24, 2.45) is 10.7 Å². The third-order valence-electron chi connectivity index (χ3n) is 3.88. The Bertz CT molecular complexity index is 682. The zero-order valence-electron chi connectivity index (χ0n) is 15.7. The number of nitrogens with zero attached hydrogens (tertiary/aromatic N) is 1. The Kier molecular flexibility index (Phi) is 7.48. The summed E-state index contributed by atoms with van der Waals surface area (Å²) >= 11 is 0. The molecule has 5 heteroatoms. The number of aliphatic hydroxyl groups excluding tert-OH is 1. The molecule has 0 aromatic heterocycles. The van der Waals surface area contributed by atoms with Gasteiger partial charge in [0.1, 0.15) is 5.75 Å². The van der Waals surface area contributed by atoms with Gasteiger partial charge in [-0.3, -0.25) is 4.99 Å². The molecule has 5 nitrogen and oxygen atoms in total. The summed E-state index contributed by atoms with van der Waals surface area (Å²) < 4.78 is 5.63. The monoisotopic (exact) mass is 355 g/mol. The standard InChI is InChI=1S/C21H29N3O2/c1-15(2)26-20-11-9-19(10-12-20)24-21(22)23-14-18(13-16(3)25)17-7-5-4-6-8-17/h4-12,15-16,18,25H,13-14H2,1-3H3,(H3,22,23,24). The van der Waals surface area contributed by atoms with E-state index in [-0.39, 0.29) is 12.0 Å². The summed E-state index contributed by atoms with van der Waals surface area (Å²) in [6.45, 7) is 6.30. The first-order valence-electron chi connectivity index (χ1n) is 9.00. The summed E-state index contributed by atoms with van der Waals surface area (Å²) in [5.74, 6) is 1.30. The Morgan fingerprint density at radius 1 is 1.08 bits per heavy atom. The molecule has 0 heterocycles. The van der Waals surface area contributed by atoms with E-state index in [1.807, 2.05) is 56.3 Å². The highest BCUT2D eigenvalue weighted by Gasteiger charge is 2.14. The third-order valence-corrected chi connectivity index (χ3v) is 3.88. The summed E-state index contributed by atoms with van der Waals surface area (Å²) in [6, 6.07) is 17.7. The van der Waals surface area contributed by atoms with Crippen molar-refractivity contribution in [2.45, 2.75) is 45.3 Å². The molecule has 4 N–H and O–H groups in total. The van der Waals surface area contributed by atoms with Gasteiger partial charge in [0.15, 0.2) is 5.96 Å². The first kappa shape index (κ1) is 19.8. The van der Waals surface area contributed by atoms with Crippen molar-refractivity contribution < 1.29 is 9.84 Å². The number of aliphatic imine (C=N–C) groups is 1. The van der Waals surface area contributed by atoms with E-state index >= 15 is 0 Å². The van der Waals surface area contributed by atoms with Crippen molar-refractivity contribution >= 4 is 11.6 Å². The van der Waals surface area contributed by atoms with Crippen molar-refractivity contribution in [1.82, 2.24) is 0 Å². The van der Waals surface area contributed by atoms with E-state index in [1.54, 1.807) is 6.92 Å². The van der Waals surface area contributed by atoms with Gasteiger partial charge in [-0.05, 0) is 57.0 Å². The van der Waals surface area contributed by atoms with Crippen LogP contribution in [-0.4, -0.2) is 29.8 Å². The van der Waals surface area contributed by atoms with Crippen LogP contribution in [0.4, 0.5) is 5.69 Å². The van der Waals surface area contributed by atoms with E-state index in [1.165, 1.54) is 0 Å². The Balaban J connectivity index is 1.98. The molecule has 2 aromatic rings. The van der Waals surface area contributed by atoms with Crippen LogP contribution in [0.25, 0.3) is 0 Å². The molecule has 0 spiro atoms. The molecular weight excluding hydrogens is 326 g/mol. The highest BCUT2D eigenvalue weighted by molar-refractivity contribution is 5.92. The van der Waals surface area contributed by atoms with Crippen LogP contribution in [0, 0.1) is 0 Å². The summed E-state index contributed by atoms with van der Waals surface area (Å²) in [6.07, 6.45) is 0.393. The average molecular weight is 355 g/mol. The van der Waals surface area contributed by atoms with E-state index in [0.717, 1.165) is 17.0 Å². The van der Waals surface area contributed by atoms with Gasteiger partial charge in [0.2, 0.25) is 0 Å². The highest BCUT2D eigenvalue weighted by Crippen LogP contribution is 2.22. The third kappa shape index (κ3) is 6.76. The molecule has 0 radical (unpaired) electrons. The zero-order chi connectivity index (χ0) is 18.9. The predicted molar refractivity (Wildman–Crippen MR) is 108 cm³/mol. The van der Waals surface area contributed by atoms with Crippen LogP contribution in [0.3, 0.4) is 0 Å². The van der Waals surface area contributed by atoms with Crippen molar-refractivity contribution in [3.8, 4) is 5.75 Å². The van der Waals surface area contributed by atoms with Crippen LogP contribution in [0.2, 0.25) is 0 Å². The molecule has 0 bridgehead atoms. The van der Waals surface area contributed by atoms with Crippen LogP contribution in [0.5, 0.6) is 5.75 Å². The maximum atomic E-state index is 9.77. The SMILES string of the molecule is CC(O)CC(CN=C(N)Nc1ccc(OC(C)C)cc1)c1ccccc1. The number of benzene rings is 2. The number of guanidine groups is 1. The summed E-state index contributed by atoms with van der Waals surface area (Å²) in [5, 5.41) is 12.9. The normalized spacial score (nSPS) is 14.1. The summed E-state index contributed by atoms with van der Waals surface area (Å²) in [5.41, 5.74) is 8.04. The second kappa shape index (κ2) is 9.82. The fourth-order valence-corrected chi connectivity index (χ4v) is 2.74. The number of nitrogens with one attached hydrogen (secondary N) is 1. The molecule has 0 saturated heterocycles. The topological polar surface area (TPSA) is 79.9 Å². The second-order valence-electron chi connectivity index (χ2n) is 6.73. The minimum Gasteiger partial charge on any atom is -0.491 e. The van der Waals surface area contributed by atoms with Crippen molar-refractivity contribution in [3.05, 3.63) is 60.2 Å². The molecule has 0 saturated carbocycles. The van der Waals surface area contributed by atoms with Gasteiger partial charge in [0.05, 0.1) is 12.2 Å². The lowest BCUT2D eigenvalue weighted by Crippen LogP contribution is -2.24. The lowest BCUT2D eigenvalue weighted by molar-refractivity contribution is 0.175. The molecule has 0 fully saturated rings. The van der Waals surface area contributed by atoms with Crippen molar-refractivity contribution in [2.75, 3.05) is 11.9 Å². The molecule has 140 valence electrons. The van der Waals surface area contributed by atoms with Crippen LogP contribution in [0.1, 0.15) is 38.7 Å². The average Bonchev–Trinajstić information content (AvgIpc) is 2.60. The number of anilines is 1. The van der Waals surface area contributed by atoms with E-state index in [2.05, 4.69) is 22.4 Å². The number of ether oxygens (including phenoxy) is 1. The molecule has 0 aliphatic carbocycles. The van der Waals surface area contributed by atoms with Crippen LogP contribution in [0.15, 0.2) is 59.6 Å². The fourth-order valence-electron chi connectivity index (χ4n) is 2.74. The van der Waals surface area contributed by atoms with E-state index < -0.39 is 6.10 Å². The summed E-state index contributed by atoms with van der Waals surface area (Å²) in [7, 11) is 0. The fraction of sp³-hybridized carbons (Fsp3) is 0.381. The van der Waals surface area contributed by atoms with Crippen molar-refractivity contribution in [1.29, 1.82) is 0 Å². The van der Waals surface area contributed by atoms with E-state index in [9.17, 15) is 5.11 Å². The largest absolute Gasteiger partial charge is 0.491 e. The van der Waals surface area contributed by atoms with Gasteiger partial charge in [-0.25, -0.2) is 0 Å². The van der Waals surface area contributed by atoms with Crippen LogP contribution < -0.4 is 15.8 Å². The van der Waals surface area contributed by atoms with E-state index in [0.29, 0.717) is 18.9 Å². The zero-order valence-corrected chi connectivity index (χ0v) is 15.7. The van der Waals surface area contributed by atoms with Gasteiger partial charge < -0.3 is 20.9 Å². The maximum Gasteiger partial charge on any atom is 0.193 e. The Morgan fingerprint density at radius 3 is 2.31 bits per heavy atom. The minimum absolute atomic E-state index is 0.123. The van der Waals surface area contributed by atoms with Gasteiger partial charge >= 0.3 is 0 Å². The second-order valence-corrected chi connectivity index (χ2v) is 6.73. The molecule has 2 atom stereocenters. The van der Waals surface area contributed by atoms with Gasteiger partial charge in [-0.1, -0.05) is 30.3 Å². The summed E-state index contributed by atoms with van der Waals surface area (Å²) in [4.78, 5) is 4.46. The maximum absolute atomic E-state index is 9.77. The first-order chi connectivity index (χ1) is 12.4. The molecule has 26 heavy (non-hydrogen) atoms. The quantitative estimate of drug-likeness (QED) is 0.498. The first-order valence-corrected chi connectivity index (χ1v) is 9.00. The van der Waals surface area contributed by atoms with Crippen molar-refractivity contribution in [3.63, 3.8) is 0 Å². The molecule has 2 aromatic carbocycles. The van der Waals surface area contributed by atoms with Crippen LogP contribution >= 0.6 is 0 Å². The lowest BCUT2D eigenvalue weighted by Gasteiger charge is -2.17. The number of nitrogens with two attached hydrogens (primary N) is 1. The minimum atomic E-state index is -0.391. The van der Waals surface area contributed by atoms with E-state index in [4.69, 9.17) is 10.5 Å². The molecule has 0 amide bonds. The smallest absolute Gasteiger partial charge is 0.193 e. The van der Waals surface area contributed by atoms with Gasteiger partial charge in [-0.2, -0.15) is 0 Å². The molecule has 2 rings (SSSR count). The lowest BCUT2D eigenvalue weighted by atomic mass is 9.93. The molecule has 2 unspecified atom stereocenters.